The maximum atomic E-state index is 11.5. The lowest BCUT2D eigenvalue weighted by atomic mass is 10.3. The lowest BCUT2D eigenvalue weighted by Gasteiger charge is -2.35. The largest absolute Gasteiger partial charge is 0.353 e. The first kappa shape index (κ1) is 16.4. The molecule has 0 amide bonds. The van der Waals surface area contributed by atoms with Crippen LogP contribution >= 0.6 is 0 Å². The first-order valence-electron chi connectivity index (χ1n) is 7.78. The van der Waals surface area contributed by atoms with Gasteiger partial charge in [-0.2, -0.15) is 0 Å². The second kappa shape index (κ2) is 7.44. The van der Waals surface area contributed by atoms with Crippen LogP contribution in [0.2, 0.25) is 0 Å². The molecule has 0 unspecified atom stereocenters. The van der Waals surface area contributed by atoms with Gasteiger partial charge < -0.3 is 15.1 Å². The predicted octanol–water partition coefficient (Wildman–Crippen LogP) is 1.15. The highest BCUT2D eigenvalue weighted by Gasteiger charge is 2.29. The second-order valence-corrected chi connectivity index (χ2v) is 5.37. The molecule has 25 heavy (non-hydrogen) atoms. The molecule has 1 saturated heterocycles. The molecule has 0 radical (unpaired) electrons. The van der Waals surface area contributed by atoms with Crippen LogP contribution in [0, 0.1) is 22.5 Å². The Bertz CT molecular complexity index is 783. The normalized spacial score (nSPS) is 14.0. The van der Waals surface area contributed by atoms with E-state index in [0.29, 0.717) is 32.0 Å². The van der Waals surface area contributed by atoms with Gasteiger partial charge >= 0.3 is 5.69 Å². The average Bonchev–Trinajstić information content (AvgIpc) is 2.66. The summed E-state index contributed by atoms with van der Waals surface area (Å²) in [5, 5.41) is 14.3. The number of rotatable bonds is 5. The zero-order valence-corrected chi connectivity index (χ0v) is 13.5. The van der Waals surface area contributed by atoms with Crippen LogP contribution in [0.1, 0.15) is 0 Å². The van der Waals surface area contributed by atoms with Crippen molar-refractivity contribution in [2.75, 3.05) is 47.8 Å². The van der Waals surface area contributed by atoms with Crippen molar-refractivity contribution in [3.63, 3.8) is 0 Å². The highest BCUT2D eigenvalue weighted by Crippen LogP contribution is 2.32. The van der Waals surface area contributed by atoms with E-state index >= 15 is 0 Å². The number of nitro groups is 1. The van der Waals surface area contributed by atoms with Crippen molar-refractivity contribution in [3.8, 4) is 12.3 Å². The SMILES string of the molecule is C#CCNc1ncnc(N2CCN(c3ccccn3)CC2)c1[N+](=O)[O-]. The van der Waals surface area contributed by atoms with Gasteiger partial charge in [-0.3, -0.25) is 10.1 Å². The van der Waals surface area contributed by atoms with Crippen LogP contribution in [0.4, 0.5) is 23.1 Å². The molecule has 2 aromatic heterocycles. The standard InChI is InChI=1S/C16H17N7O2/c1-2-6-18-15-14(23(24)25)16(20-12-19-15)22-10-8-21(9-11-22)13-5-3-4-7-17-13/h1,3-5,7,12H,6,8-11H2,(H,18,19,20). The van der Waals surface area contributed by atoms with Crippen LogP contribution < -0.4 is 15.1 Å². The summed E-state index contributed by atoms with van der Waals surface area (Å²) in [7, 11) is 0. The van der Waals surface area contributed by atoms with Crippen molar-refractivity contribution in [1.82, 2.24) is 15.0 Å². The van der Waals surface area contributed by atoms with Gasteiger partial charge in [0.25, 0.3) is 0 Å². The molecule has 3 rings (SSSR count). The van der Waals surface area contributed by atoms with Gasteiger partial charge in [0.05, 0.1) is 11.5 Å². The van der Waals surface area contributed by atoms with E-state index in [9.17, 15) is 10.1 Å². The van der Waals surface area contributed by atoms with E-state index in [4.69, 9.17) is 6.42 Å². The maximum absolute atomic E-state index is 11.5. The van der Waals surface area contributed by atoms with Gasteiger partial charge in [-0.25, -0.2) is 15.0 Å². The number of anilines is 3. The van der Waals surface area contributed by atoms with Crippen molar-refractivity contribution in [1.29, 1.82) is 0 Å². The van der Waals surface area contributed by atoms with Crippen LogP contribution in [0.25, 0.3) is 0 Å². The van der Waals surface area contributed by atoms with Crippen molar-refractivity contribution >= 4 is 23.1 Å². The number of terminal acetylenes is 1. The van der Waals surface area contributed by atoms with Crippen LogP contribution in [-0.2, 0) is 0 Å². The Morgan fingerprint density at radius 3 is 2.60 bits per heavy atom. The molecule has 9 nitrogen and oxygen atoms in total. The highest BCUT2D eigenvalue weighted by molar-refractivity contribution is 5.70. The fourth-order valence-corrected chi connectivity index (χ4v) is 2.72. The molecule has 2 aromatic rings. The Labute approximate surface area is 144 Å². The third-order valence-electron chi connectivity index (χ3n) is 3.90. The summed E-state index contributed by atoms with van der Waals surface area (Å²) in [6.07, 6.45) is 8.27. The van der Waals surface area contributed by atoms with Gasteiger partial charge in [-0.05, 0) is 12.1 Å². The monoisotopic (exact) mass is 339 g/mol. The summed E-state index contributed by atoms with van der Waals surface area (Å²) < 4.78 is 0. The maximum Gasteiger partial charge on any atom is 0.353 e. The molecule has 0 bridgehead atoms. The van der Waals surface area contributed by atoms with E-state index in [1.807, 2.05) is 23.1 Å². The van der Waals surface area contributed by atoms with Gasteiger partial charge in [0, 0.05) is 32.4 Å². The summed E-state index contributed by atoms with van der Waals surface area (Å²) >= 11 is 0. The fraction of sp³-hybridized carbons (Fsp3) is 0.312. The van der Waals surface area contributed by atoms with E-state index in [1.54, 1.807) is 6.20 Å². The lowest BCUT2D eigenvalue weighted by Crippen LogP contribution is -2.47. The topological polar surface area (TPSA) is 100 Å². The van der Waals surface area contributed by atoms with Crippen molar-refractivity contribution in [3.05, 3.63) is 40.8 Å². The van der Waals surface area contributed by atoms with E-state index in [2.05, 4.69) is 31.1 Å². The van der Waals surface area contributed by atoms with Crippen LogP contribution in [0.5, 0.6) is 0 Å². The zero-order chi connectivity index (χ0) is 17.6. The second-order valence-electron chi connectivity index (χ2n) is 5.37. The van der Waals surface area contributed by atoms with E-state index in [-0.39, 0.29) is 18.1 Å². The summed E-state index contributed by atoms with van der Waals surface area (Å²) in [5.41, 5.74) is -0.149. The zero-order valence-electron chi connectivity index (χ0n) is 13.5. The molecule has 3 heterocycles. The van der Waals surface area contributed by atoms with Crippen molar-refractivity contribution < 1.29 is 4.92 Å². The molecule has 1 N–H and O–H groups in total. The first-order chi connectivity index (χ1) is 12.2. The lowest BCUT2D eigenvalue weighted by molar-refractivity contribution is -0.383. The van der Waals surface area contributed by atoms with E-state index < -0.39 is 4.92 Å². The predicted molar refractivity (Wildman–Crippen MR) is 94.7 cm³/mol. The number of hydrogen-bond donors (Lipinski definition) is 1. The number of aromatic nitrogens is 3. The van der Waals surface area contributed by atoms with E-state index in [0.717, 1.165) is 5.82 Å². The highest BCUT2D eigenvalue weighted by atomic mass is 16.6. The molecule has 128 valence electrons. The molecule has 1 fully saturated rings. The Kier molecular flexibility index (Phi) is 4.89. The van der Waals surface area contributed by atoms with Gasteiger partial charge in [-0.1, -0.05) is 12.0 Å². The Hall–Kier alpha value is -3.41. The average molecular weight is 339 g/mol. The molecule has 0 atom stereocenters. The van der Waals surface area contributed by atoms with Gasteiger partial charge in [-0.15, -0.1) is 6.42 Å². The first-order valence-corrected chi connectivity index (χ1v) is 7.78. The number of nitrogens with zero attached hydrogens (tertiary/aromatic N) is 6. The fourth-order valence-electron chi connectivity index (χ4n) is 2.72. The number of piperazine rings is 1. The van der Waals surface area contributed by atoms with Crippen molar-refractivity contribution in [2.24, 2.45) is 0 Å². The molecule has 0 spiro atoms. The van der Waals surface area contributed by atoms with Crippen LogP contribution in [0.3, 0.4) is 0 Å². The molecule has 0 aromatic carbocycles. The van der Waals surface area contributed by atoms with Gasteiger partial charge in [0.2, 0.25) is 11.6 Å². The Balaban J connectivity index is 1.79. The molecule has 1 aliphatic rings. The number of pyridine rings is 1. The Morgan fingerprint density at radius 1 is 1.20 bits per heavy atom. The van der Waals surface area contributed by atoms with Crippen LogP contribution in [0.15, 0.2) is 30.7 Å². The Morgan fingerprint density at radius 2 is 1.96 bits per heavy atom. The number of nitrogens with one attached hydrogen (secondary N) is 1. The summed E-state index contributed by atoms with van der Waals surface area (Å²) in [5.74, 6) is 3.73. The summed E-state index contributed by atoms with van der Waals surface area (Å²) in [6.45, 7) is 2.76. The molecular formula is C16H17N7O2. The quantitative estimate of drug-likeness (QED) is 0.492. The molecule has 0 saturated carbocycles. The molecule has 0 aliphatic carbocycles. The molecular weight excluding hydrogens is 322 g/mol. The molecule has 9 heteroatoms. The van der Waals surface area contributed by atoms with Gasteiger partial charge in [0.1, 0.15) is 12.1 Å². The summed E-state index contributed by atoms with van der Waals surface area (Å²) in [6, 6.07) is 5.76. The molecule has 1 aliphatic heterocycles. The van der Waals surface area contributed by atoms with Crippen molar-refractivity contribution in [2.45, 2.75) is 0 Å². The minimum absolute atomic E-state index is 0.139. The van der Waals surface area contributed by atoms with Gasteiger partial charge in [0.15, 0.2) is 0 Å². The third kappa shape index (κ3) is 3.58. The number of hydrogen-bond acceptors (Lipinski definition) is 8. The van der Waals surface area contributed by atoms with Crippen LogP contribution in [-0.4, -0.2) is 52.6 Å². The smallest absolute Gasteiger partial charge is 0.353 e. The third-order valence-corrected chi connectivity index (χ3v) is 3.90. The minimum Gasteiger partial charge on any atom is -0.353 e. The minimum atomic E-state index is -0.473. The van der Waals surface area contributed by atoms with E-state index in [1.165, 1.54) is 6.33 Å². The summed E-state index contributed by atoms with van der Waals surface area (Å²) in [4.78, 5) is 27.5.